The summed E-state index contributed by atoms with van der Waals surface area (Å²) in [6.07, 6.45) is 0.728. The normalized spacial score (nSPS) is 13.2. The second kappa shape index (κ2) is 16.3. The number of ether oxygens (including phenoxy) is 2. The highest BCUT2D eigenvalue weighted by Crippen LogP contribution is 2.15. The Balaban J connectivity index is 2.04. The number of aliphatic hydroxyl groups excluding tert-OH is 1. The second-order valence-corrected chi connectivity index (χ2v) is 11.3. The van der Waals surface area contributed by atoms with Gasteiger partial charge in [-0.2, -0.15) is 0 Å². The van der Waals surface area contributed by atoms with Gasteiger partial charge < -0.3 is 25.2 Å². The minimum Gasteiger partial charge on any atom is -0.497 e. The fraction of sp³-hybridized carbons (Fsp3) is 0.536. The van der Waals surface area contributed by atoms with Crippen LogP contribution in [0.1, 0.15) is 44.2 Å². The minimum absolute atomic E-state index is 0.171. The summed E-state index contributed by atoms with van der Waals surface area (Å²) in [4.78, 5) is 12.8. The SMILES string of the molecule is CCCN(CCC)S(=O)(=O)CCC(=O)N[C@@H](Cc1ccc(OC)cc1)[C@@H](O)CNCc1cccc(OC)c1. The van der Waals surface area contributed by atoms with Crippen LogP contribution < -0.4 is 20.1 Å². The molecule has 38 heavy (non-hydrogen) atoms. The van der Waals surface area contributed by atoms with Gasteiger partial charge in [-0.3, -0.25) is 4.79 Å². The molecule has 9 nitrogen and oxygen atoms in total. The van der Waals surface area contributed by atoms with Crippen LogP contribution in [-0.4, -0.2) is 75.5 Å². The lowest BCUT2D eigenvalue weighted by Gasteiger charge is -2.25. The van der Waals surface area contributed by atoms with Crippen molar-refractivity contribution in [2.45, 2.75) is 58.2 Å². The summed E-state index contributed by atoms with van der Waals surface area (Å²) in [6, 6.07) is 14.4. The molecule has 2 rings (SSSR count). The van der Waals surface area contributed by atoms with Crippen LogP contribution in [0.5, 0.6) is 11.5 Å². The summed E-state index contributed by atoms with van der Waals surface area (Å²) in [5.74, 6) is 0.787. The first kappa shape index (κ1) is 31.6. The van der Waals surface area contributed by atoms with Gasteiger partial charge in [0.25, 0.3) is 0 Å². The van der Waals surface area contributed by atoms with E-state index in [2.05, 4.69) is 10.6 Å². The maximum atomic E-state index is 12.8. The predicted octanol–water partition coefficient (Wildman–Crippen LogP) is 2.72. The third kappa shape index (κ3) is 10.6. The average molecular weight is 550 g/mol. The predicted molar refractivity (Wildman–Crippen MR) is 150 cm³/mol. The molecule has 0 aliphatic heterocycles. The lowest BCUT2D eigenvalue weighted by molar-refractivity contribution is -0.122. The summed E-state index contributed by atoms with van der Waals surface area (Å²) in [6.45, 7) is 5.49. The molecule has 0 aromatic heterocycles. The number of nitrogens with one attached hydrogen (secondary N) is 2. The Morgan fingerprint density at radius 2 is 1.63 bits per heavy atom. The zero-order chi connectivity index (χ0) is 28.0. The van der Waals surface area contributed by atoms with Crippen molar-refractivity contribution in [3.8, 4) is 11.5 Å². The number of carbonyl (C=O) groups excluding carboxylic acids is 1. The lowest BCUT2D eigenvalue weighted by atomic mass is 10.0. The number of carbonyl (C=O) groups is 1. The fourth-order valence-electron chi connectivity index (χ4n) is 4.11. The van der Waals surface area contributed by atoms with Crippen LogP contribution in [0.15, 0.2) is 48.5 Å². The van der Waals surface area contributed by atoms with Crippen molar-refractivity contribution in [1.82, 2.24) is 14.9 Å². The van der Waals surface area contributed by atoms with Gasteiger partial charge in [-0.15, -0.1) is 0 Å². The Bertz CT molecular complexity index is 1070. The largest absolute Gasteiger partial charge is 0.497 e. The molecule has 0 radical (unpaired) electrons. The number of methoxy groups -OCH3 is 2. The summed E-state index contributed by atoms with van der Waals surface area (Å²) >= 11 is 0. The maximum Gasteiger partial charge on any atom is 0.221 e. The Kier molecular flexibility index (Phi) is 13.6. The molecule has 0 heterocycles. The van der Waals surface area contributed by atoms with Crippen molar-refractivity contribution in [2.24, 2.45) is 0 Å². The lowest BCUT2D eigenvalue weighted by Crippen LogP contribution is -2.49. The first-order valence-electron chi connectivity index (χ1n) is 13.1. The Labute approximate surface area is 227 Å². The Hall–Kier alpha value is -2.66. The number of amides is 1. The van der Waals surface area contributed by atoms with E-state index in [0.29, 0.717) is 44.6 Å². The van der Waals surface area contributed by atoms with Crippen LogP contribution in [0.25, 0.3) is 0 Å². The zero-order valence-electron chi connectivity index (χ0n) is 23.0. The van der Waals surface area contributed by atoms with Gasteiger partial charge in [0, 0.05) is 32.6 Å². The van der Waals surface area contributed by atoms with Crippen molar-refractivity contribution in [3.05, 3.63) is 59.7 Å². The molecule has 1 amide bonds. The van der Waals surface area contributed by atoms with Crippen molar-refractivity contribution < 1.29 is 27.8 Å². The molecular formula is C28H43N3O6S. The number of rotatable bonds is 18. The number of hydrogen-bond acceptors (Lipinski definition) is 7. The van der Waals surface area contributed by atoms with Crippen molar-refractivity contribution in [2.75, 3.05) is 39.6 Å². The average Bonchev–Trinajstić information content (AvgIpc) is 2.92. The van der Waals surface area contributed by atoms with E-state index in [1.54, 1.807) is 14.2 Å². The number of aliphatic hydroxyl groups is 1. The highest BCUT2D eigenvalue weighted by Gasteiger charge is 2.25. The number of hydrogen-bond donors (Lipinski definition) is 3. The smallest absolute Gasteiger partial charge is 0.221 e. The molecule has 2 atom stereocenters. The van der Waals surface area contributed by atoms with E-state index in [1.807, 2.05) is 62.4 Å². The summed E-state index contributed by atoms with van der Waals surface area (Å²) in [5, 5.41) is 17.1. The van der Waals surface area contributed by atoms with E-state index in [4.69, 9.17) is 9.47 Å². The molecular weight excluding hydrogens is 506 g/mol. The van der Waals surface area contributed by atoms with E-state index in [0.717, 1.165) is 16.9 Å². The van der Waals surface area contributed by atoms with Crippen LogP contribution in [0.4, 0.5) is 0 Å². The van der Waals surface area contributed by atoms with Crippen LogP contribution in [0.3, 0.4) is 0 Å². The number of nitrogens with zero attached hydrogens (tertiary/aromatic N) is 1. The monoisotopic (exact) mass is 549 g/mol. The van der Waals surface area contributed by atoms with Gasteiger partial charge >= 0.3 is 0 Å². The summed E-state index contributed by atoms with van der Waals surface area (Å²) in [7, 11) is -0.342. The molecule has 2 aromatic rings. The van der Waals surface area contributed by atoms with Gasteiger partial charge in [0.1, 0.15) is 11.5 Å². The maximum absolute atomic E-state index is 12.8. The number of benzene rings is 2. The molecule has 3 N–H and O–H groups in total. The van der Waals surface area contributed by atoms with Gasteiger partial charge in [-0.05, 0) is 54.7 Å². The molecule has 0 aliphatic carbocycles. The minimum atomic E-state index is -3.54. The van der Waals surface area contributed by atoms with Crippen LogP contribution >= 0.6 is 0 Å². The van der Waals surface area contributed by atoms with E-state index >= 15 is 0 Å². The Morgan fingerprint density at radius 1 is 0.974 bits per heavy atom. The molecule has 0 aliphatic rings. The molecule has 2 aromatic carbocycles. The quantitative estimate of drug-likeness (QED) is 0.262. The van der Waals surface area contributed by atoms with Crippen LogP contribution in [-0.2, 0) is 27.8 Å². The van der Waals surface area contributed by atoms with Crippen molar-refractivity contribution in [1.29, 1.82) is 0 Å². The highest BCUT2D eigenvalue weighted by molar-refractivity contribution is 7.89. The van der Waals surface area contributed by atoms with E-state index in [1.165, 1.54) is 4.31 Å². The van der Waals surface area contributed by atoms with E-state index < -0.39 is 28.1 Å². The van der Waals surface area contributed by atoms with E-state index in [-0.39, 0.29) is 18.7 Å². The van der Waals surface area contributed by atoms with Gasteiger partial charge in [-0.1, -0.05) is 38.1 Å². The summed E-state index contributed by atoms with van der Waals surface area (Å²) in [5.41, 5.74) is 1.91. The van der Waals surface area contributed by atoms with Gasteiger partial charge in [0.05, 0.1) is 32.1 Å². The fourth-order valence-corrected chi connectivity index (χ4v) is 5.73. The molecule has 0 fully saturated rings. The molecule has 212 valence electrons. The van der Waals surface area contributed by atoms with E-state index in [9.17, 15) is 18.3 Å². The molecule has 0 unspecified atom stereocenters. The van der Waals surface area contributed by atoms with Gasteiger partial charge in [-0.25, -0.2) is 12.7 Å². The number of sulfonamides is 1. The van der Waals surface area contributed by atoms with Crippen LogP contribution in [0.2, 0.25) is 0 Å². The highest BCUT2D eigenvalue weighted by atomic mass is 32.2. The van der Waals surface area contributed by atoms with Crippen molar-refractivity contribution >= 4 is 15.9 Å². The molecule has 10 heteroatoms. The Morgan fingerprint density at radius 3 is 2.24 bits per heavy atom. The van der Waals surface area contributed by atoms with Crippen molar-refractivity contribution in [3.63, 3.8) is 0 Å². The first-order valence-corrected chi connectivity index (χ1v) is 14.7. The third-order valence-electron chi connectivity index (χ3n) is 6.17. The molecule has 0 saturated heterocycles. The van der Waals surface area contributed by atoms with Gasteiger partial charge in [0.15, 0.2) is 0 Å². The molecule has 0 bridgehead atoms. The van der Waals surface area contributed by atoms with Crippen LogP contribution in [0, 0.1) is 0 Å². The molecule has 0 saturated carbocycles. The topological polar surface area (TPSA) is 117 Å². The summed E-state index contributed by atoms with van der Waals surface area (Å²) < 4.78 is 37.5. The zero-order valence-corrected chi connectivity index (χ0v) is 23.8. The molecule has 0 spiro atoms. The third-order valence-corrected chi connectivity index (χ3v) is 8.04. The second-order valence-electron chi connectivity index (χ2n) is 9.24. The standard InChI is InChI=1S/C28H43N3O6S/c1-5-15-31(16-6-2)38(34,35)17-14-28(33)30-26(19-22-10-12-24(36-3)13-11-22)27(32)21-29-20-23-8-7-9-25(18-23)37-4/h7-13,18,26-27,29,32H,5-6,14-17,19-21H2,1-4H3,(H,30,33)/t26-,27-/m0/s1. The first-order chi connectivity index (χ1) is 18.2. The van der Waals surface area contributed by atoms with Gasteiger partial charge in [0.2, 0.25) is 15.9 Å².